The molecule has 0 saturated carbocycles. The average molecular weight is 375 g/mol. The van der Waals surface area contributed by atoms with Crippen LogP contribution in [-0.2, 0) is 26.7 Å². The van der Waals surface area contributed by atoms with E-state index in [1.54, 1.807) is 22.7 Å². The van der Waals surface area contributed by atoms with Gasteiger partial charge in [-0.05, 0) is 42.3 Å². The van der Waals surface area contributed by atoms with Crippen molar-refractivity contribution in [1.29, 1.82) is 0 Å². The van der Waals surface area contributed by atoms with Gasteiger partial charge in [0.2, 0.25) is 0 Å². The van der Waals surface area contributed by atoms with Gasteiger partial charge in [0.1, 0.15) is 12.4 Å². The van der Waals surface area contributed by atoms with Crippen LogP contribution in [-0.4, -0.2) is 20.7 Å². The number of aryl methyl sites for hydroxylation is 2. The van der Waals surface area contributed by atoms with Crippen molar-refractivity contribution < 1.29 is 0 Å². The molecule has 3 aromatic heterocycles. The van der Waals surface area contributed by atoms with Crippen molar-refractivity contribution in [3.63, 3.8) is 0 Å². The zero-order valence-electron chi connectivity index (χ0n) is 14.6. The average Bonchev–Trinajstić information content (AvgIpc) is 3.33. The van der Waals surface area contributed by atoms with E-state index in [4.69, 9.17) is 0 Å². The third-order valence-corrected chi connectivity index (χ3v) is 5.86. The Balaban J connectivity index is 1.67. The van der Waals surface area contributed by atoms with Gasteiger partial charge >= 0.3 is 0 Å². The second-order valence-corrected chi connectivity index (χ2v) is 7.73. The lowest BCUT2D eigenvalue weighted by Crippen LogP contribution is -2.36. The summed E-state index contributed by atoms with van der Waals surface area (Å²) in [7, 11) is 1.96. The fourth-order valence-corrected chi connectivity index (χ4v) is 3.74. The third kappa shape index (κ3) is 4.67. The Bertz CT molecular complexity index is 831. The highest BCUT2D eigenvalue weighted by Gasteiger charge is 2.07. The molecular weight excluding hydrogens is 352 g/mol. The van der Waals surface area contributed by atoms with Gasteiger partial charge in [-0.15, -0.1) is 32.9 Å². The Morgan fingerprint density at radius 2 is 1.96 bits per heavy atom. The fourth-order valence-electron chi connectivity index (χ4n) is 2.25. The number of aromatic nitrogens is 3. The Morgan fingerprint density at radius 3 is 2.60 bits per heavy atom. The summed E-state index contributed by atoms with van der Waals surface area (Å²) < 4.78 is 1.96. The van der Waals surface area contributed by atoms with Crippen LogP contribution in [0.4, 0.5) is 0 Å². The second-order valence-electron chi connectivity index (χ2n) is 5.70. The number of nitrogens with zero attached hydrogens (tertiary/aromatic N) is 4. The predicted octanol–water partition coefficient (Wildman–Crippen LogP) is 2.99. The lowest BCUT2D eigenvalue weighted by atomic mass is 10.3. The molecule has 0 spiro atoms. The van der Waals surface area contributed by atoms with E-state index in [1.807, 2.05) is 18.5 Å². The maximum atomic E-state index is 4.68. The molecule has 0 aromatic carbocycles. The SMILES string of the molecule is Cc1ccsc1CNC(=NCc1nnc(C)n1C)NCc1cccs1. The number of guanidine groups is 1. The van der Waals surface area contributed by atoms with Gasteiger partial charge in [0.25, 0.3) is 0 Å². The van der Waals surface area contributed by atoms with E-state index >= 15 is 0 Å². The van der Waals surface area contributed by atoms with Crippen molar-refractivity contribution >= 4 is 28.6 Å². The number of aliphatic imine (C=N–C) groups is 1. The largest absolute Gasteiger partial charge is 0.351 e. The molecule has 25 heavy (non-hydrogen) atoms. The Labute approximate surface area is 155 Å². The molecule has 3 rings (SSSR count). The molecule has 3 heterocycles. The first kappa shape index (κ1) is 17.6. The number of hydrogen-bond acceptors (Lipinski definition) is 5. The molecule has 3 aromatic rings. The molecule has 6 nitrogen and oxygen atoms in total. The van der Waals surface area contributed by atoms with Gasteiger partial charge in [-0.3, -0.25) is 0 Å². The van der Waals surface area contributed by atoms with Crippen LogP contribution < -0.4 is 10.6 Å². The number of nitrogens with one attached hydrogen (secondary N) is 2. The van der Waals surface area contributed by atoms with Crippen LogP contribution in [0.3, 0.4) is 0 Å². The zero-order valence-corrected chi connectivity index (χ0v) is 16.2. The van der Waals surface area contributed by atoms with E-state index in [0.717, 1.165) is 30.7 Å². The van der Waals surface area contributed by atoms with Crippen molar-refractivity contribution in [1.82, 2.24) is 25.4 Å². The van der Waals surface area contributed by atoms with Crippen LogP contribution in [0.2, 0.25) is 0 Å². The van der Waals surface area contributed by atoms with Gasteiger partial charge in [-0.1, -0.05) is 6.07 Å². The van der Waals surface area contributed by atoms with Crippen molar-refractivity contribution in [2.24, 2.45) is 12.0 Å². The highest BCUT2D eigenvalue weighted by molar-refractivity contribution is 7.10. The maximum Gasteiger partial charge on any atom is 0.192 e. The van der Waals surface area contributed by atoms with Gasteiger partial charge in [0.05, 0.1) is 13.1 Å². The molecule has 132 valence electrons. The molecule has 0 aliphatic rings. The Hall–Kier alpha value is -2.19. The van der Waals surface area contributed by atoms with Crippen LogP contribution in [0.1, 0.15) is 27.0 Å². The molecule has 2 N–H and O–H groups in total. The van der Waals surface area contributed by atoms with Crippen molar-refractivity contribution in [3.8, 4) is 0 Å². The molecule has 0 amide bonds. The molecule has 0 atom stereocenters. The van der Waals surface area contributed by atoms with E-state index in [9.17, 15) is 0 Å². The third-order valence-electron chi connectivity index (χ3n) is 3.96. The predicted molar refractivity (Wildman–Crippen MR) is 104 cm³/mol. The first-order valence-corrected chi connectivity index (χ1v) is 9.82. The zero-order chi connectivity index (χ0) is 17.6. The minimum atomic E-state index is 0.487. The van der Waals surface area contributed by atoms with E-state index in [-0.39, 0.29) is 0 Å². The van der Waals surface area contributed by atoms with Crippen LogP contribution in [0.15, 0.2) is 34.0 Å². The van der Waals surface area contributed by atoms with Gasteiger partial charge in [0.15, 0.2) is 11.8 Å². The highest BCUT2D eigenvalue weighted by atomic mass is 32.1. The Kier molecular flexibility index (Phi) is 5.83. The van der Waals surface area contributed by atoms with E-state index in [1.165, 1.54) is 15.3 Å². The summed E-state index contributed by atoms with van der Waals surface area (Å²) in [5.74, 6) is 2.52. The second kappa shape index (κ2) is 8.26. The summed E-state index contributed by atoms with van der Waals surface area (Å²) in [6, 6.07) is 6.31. The number of hydrogen-bond donors (Lipinski definition) is 2. The number of rotatable bonds is 6. The van der Waals surface area contributed by atoms with Gasteiger partial charge < -0.3 is 15.2 Å². The normalized spacial score (nSPS) is 11.7. The molecular formula is C17H22N6S2. The molecule has 0 radical (unpaired) electrons. The van der Waals surface area contributed by atoms with Crippen LogP contribution in [0, 0.1) is 13.8 Å². The van der Waals surface area contributed by atoms with Gasteiger partial charge in [0, 0.05) is 16.8 Å². The summed E-state index contributed by atoms with van der Waals surface area (Å²) in [4.78, 5) is 7.27. The molecule has 8 heteroatoms. The number of thiophene rings is 2. The van der Waals surface area contributed by atoms with Gasteiger partial charge in [-0.2, -0.15) is 0 Å². The lowest BCUT2D eigenvalue weighted by Gasteiger charge is -2.12. The van der Waals surface area contributed by atoms with Gasteiger partial charge in [-0.25, -0.2) is 4.99 Å². The summed E-state index contributed by atoms with van der Waals surface area (Å²) in [6.07, 6.45) is 0. The summed E-state index contributed by atoms with van der Waals surface area (Å²) in [5.41, 5.74) is 1.30. The van der Waals surface area contributed by atoms with Crippen molar-refractivity contribution in [2.75, 3.05) is 0 Å². The smallest absolute Gasteiger partial charge is 0.192 e. The topological polar surface area (TPSA) is 67.1 Å². The standard InChI is InChI=1S/C17H22N6S2/c1-12-6-8-25-15(12)10-19-17(18-9-14-5-4-7-24-14)20-11-16-22-21-13(2)23(16)3/h4-8H,9-11H2,1-3H3,(H2,18,19,20). The van der Waals surface area contributed by atoms with E-state index in [0.29, 0.717) is 6.54 Å². The first-order chi connectivity index (χ1) is 12.1. The summed E-state index contributed by atoms with van der Waals surface area (Å²) >= 11 is 3.49. The summed E-state index contributed by atoms with van der Waals surface area (Å²) in [6.45, 7) is 6.07. The van der Waals surface area contributed by atoms with E-state index < -0.39 is 0 Å². The molecule has 0 aliphatic carbocycles. The lowest BCUT2D eigenvalue weighted by molar-refractivity contribution is 0.753. The maximum absolute atomic E-state index is 4.68. The quantitative estimate of drug-likeness (QED) is 0.514. The minimum absolute atomic E-state index is 0.487. The molecule has 0 aliphatic heterocycles. The van der Waals surface area contributed by atoms with Crippen LogP contribution in [0.25, 0.3) is 0 Å². The molecule has 0 bridgehead atoms. The first-order valence-electron chi connectivity index (χ1n) is 8.06. The fraction of sp³-hybridized carbons (Fsp3) is 0.353. The van der Waals surface area contributed by atoms with Crippen LogP contribution >= 0.6 is 22.7 Å². The van der Waals surface area contributed by atoms with Crippen LogP contribution in [0.5, 0.6) is 0 Å². The van der Waals surface area contributed by atoms with E-state index in [2.05, 4.69) is 61.7 Å². The summed E-state index contributed by atoms with van der Waals surface area (Å²) in [5, 5.41) is 19.3. The monoisotopic (exact) mass is 374 g/mol. The Morgan fingerprint density at radius 1 is 1.12 bits per heavy atom. The van der Waals surface area contributed by atoms with Crippen molar-refractivity contribution in [3.05, 3.63) is 55.9 Å². The molecule has 0 fully saturated rings. The highest BCUT2D eigenvalue weighted by Crippen LogP contribution is 2.14. The molecule has 0 saturated heterocycles. The van der Waals surface area contributed by atoms with Crippen molar-refractivity contribution in [2.45, 2.75) is 33.5 Å². The minimum Gasteiger partial charge on any atom is -0.351 e. The molecule has 0 unspecified atom stereocenters.